The molecule has 9 nitrogen and oxygen atoms in total. The van der Waals surface area contributed by atoms with E-state index in [1.807, 2.05) is 0 Å². The maximum Gasteiger partial charge on any atom is 0.472 e. The van der Waals surface area contributed by atoms with E-state index in [4.69, 9.17) is 23.6 Å². The largest absolute Gasteiger partial charge is 0.472 e. The van der Waals surface area contributed by atoms with Gasteiger partial charge in [-0.15, -0.1) is 0 Å². The highest BCUT2D eigenvalue weighted by atomic mass is 31.2. The number of phosphoric ester groups is 1. The number of phosphoric acid groups is 1. The van der Waals surface area contributed by atoms with E-state index in [0.29, 0.717) is 6.61 Å². The first-order valence-electron chi connectivity index (χ1n) is 21.5. The van der Waals surface area contributed by atoms with Gasteiger partial charge in [0.05, 0.1) is 26.4 Å². The highest BCUT2D eigenvalue weighted by Crippen LogP contribution is 2.43. The molecule has 3 atom stereocenters. The molecular weight excluding hydrogens is 691 g/mol. The maximum absolute atomic E-state index is 12.5. The Labute approximate surface area is 325 Å². The van der Waals surface area contributed by atoms with Gasteiger partial charge in [0.2, 0.25) is 0 Å². The number of hydrogen-bond acceptors (Lipinski definition) is 8. The van der Waals surface area contributed by atoms with Gasteiger partial charge in [0, 0.05) is 13.0 Å². The van der Waals surface area contributed by atoms with Crippen molar-refractivity contribution in [3.05, 3.63) is 36.5 Å². The molecule has 0 saturated carbocycles. The standard InChI is InChI=1S/C43H81O9P/c1-3-5-7-9-11-13-14-15-16-17-18-19-20-21-22-23-24-25-26-27-28-30-32-34-36-49-39-42(40-51-53(47,48)50-38-41(45)37-44)52-43(46)35-33-31-29-12-10-8-6-4-2/h14-15,17-18,20-21,41-42,44-45H,3-13,16,19,22-40H2,1-2H3,(H,47,48)/b15-14-,18-17-,21-20-. The molecule has 3 unspecified atom stereocenters. The van der Waals surface area contributed by atoms with Crippen molar-refractivity contribution in [3.63, 3.8) is 0 Å². The predicted molar refractivity (Wildman–Crippen MR) is 219 cm³/mol. The minimum Gasteiger partial charge on any atom is -0.457 e. The Morgan fingerprint density at radius 1 is 0.585 bits per heavy atom. The van der Waals surface area contributed by atoms with Gasteiger partial charge in [-0.2, -0.15) is 0 Å². The molecule has 0 spiro atoms. The van der Waals surface area contributed by atoms with Crippen LogP contribution in [-0.2, 0) is 27.9 Å². The molecule has 0 rings (SSSR count). The van der Waals surface area contributed by atoms with Gasteiger partial charge in [0.25, 0.3) is 0 Å². The summed E-state index contributed by atoms with van der Waals surface area (Å²) < 4.78 is 33.2. The fraction of sp³-hybridized carbons (Fsp3) is 0.837. The Bertz CT molecular complexity index is 923. The zero-order chi connectivity index (χ0) is 38.9. The summed E-state index contributed by atoms with van der Waals surface area (Å²) in [6, 6.07) is 0. The molecule has 0 amide bonds. The van der Waals surface area contributed by atoms with E-state index >= 15 is 0 Å². The quantitative estimate of drug-likeness (QED) is 0.0240. The number of aliphatic hydroxyl groups is 2. The summed E-state index contributed by atoms with van der Waals surface area (Å²) in [5.74, 6) is -0.390. The SMILES string of the molecule is CCCCCCC/C=C\C/C=C\C/C=C\CCCCCCCCCCCOCC(COP(=O)(O)OCC(O)CO)OC(=O)CCCCCCCCCC. The number of allylic oxidation sites excluding steroid dienone is 6. The zero-order valence-electron chi connectivity index (χ0n) is 34.0. The molecule has 0 bridgehead atoms. The number of unbranched alkanes of at least 4 members (excludes halogenated alkanes) is 21. The molecule has 0 saturated heterocycles. The summed E-state index contributed by atoms with van der Waals surface area (Å²) in [6.45, 7) is 3.46. The van der Waals surface area contributed by atoms with Gasteiger partial charge < -0.3 is 24.6 Å². The second-order valence-corrected chi connectivity index (χ2v) is 15.8. The van der Waals surface area contributed by atoms with Gasteiger partial charge >= 0.3 is 13.8 Å². The molecule has 0 aliphatic carbocycles. The van der Waals surface area contributed by atoms with Gasteiger partial charge in [-0.05, 0) is 51.4 Å². The third kappa shape index (κ3) is 40.2. The first-order chi connectivity index (χ1) is 25.8. The number of hydrogen-bond donors (Lipinski definition) is 3. The van der Waals surface area contributed by atoms with Gasteiger partial charge in [0.15, 0.2) is 0 Å². The van der Waals surface area contributed by atoms with E-state index in [1.54, 1.807) is 0 Å². The molecule has 0 aromatic carbocycles. The maximum atomic E-state index is 12.5. The van der Waals surface area contributed by atoms with Crippen LogP contribution >= 0.6 is 7.82 Å². The lowest BCUT2D eigenvalue weighted by molar-refractivity contribution is -0.154. The number of carbonyl (C=O) groups excluding carboxylic acids is 1. The lowest BCUT2D eigenvalue weighted by Gasteiger charge is -2.20. The number of aliphatic hydroxyl groups excluding tert-OH is 2. The summed E-state index contributed by atoms with van der Waals surface area (Å²) in [7, 11) is -4.51. The van der Waals surface area contributed by atoms with Gasteiger partial charge in [0.1, 0.15) is 12.2 Å². The molecule has 312 valence electrons. The minimum absolute atomic E-state index is 0.0469. The monoisotopic (exact) mass is 773 g/mol. The van der Waals surface area contributed by atoms with Crippen LogP contribution < -0.4 is 0 Å². The van der Waals surface area contributed by atoms with Crippen molar-refractivity contribution in [2.24, 2.45) is 0 Å². The molecule has 0 aromatic heterocycles. The highest BCUT2D eigenvalue weighted by molar-refractivity contribution is 7.47. The second kappa shape index (κ2) is 40.3. The van der Waals surface area contributed by atoms with Crippen molar-refractivity contribution in [2.45, 2.75) is 199 Å². The minimum atomic E-state index is -4.51. The van der Waals surface area contributed by atoms with Crippen molar-refractivity contribution in [2.75, 3.05) is 33.0 Å². The molecule has 0 fully saturated rings. The summed E-state index contributed by atoms with van der Waals surface area (Å²) in [6.07, 6.45) is 42.7. The van der Waals surface area contributed by atoms with Crippen LogP contribution in [0.25, 0.3) is 0 Å². The summed E-state index contributed by atoms with van der Waals surface area (Å²) >= 11 is 0. The van der Waals surface area contributed by atoms with Crippen LogP contribution in [-0.4, -0.2) is 66.3 Å². The van der Waals surface area contributed by atoms with E-state index in [9.17, 15) is 19.4 Å². The Balaban J connectivity index is 4.02. The van der Waals surface area contributed by atoms with E-state index < -0.39 is 33.2 Å². The van der Waals surface area contributed by atoms with Gasteiger partial charge in [-0.3, -0.25) is 13.8 Å². The topological polar surface area (TPSA) is 132 Å². The summed E-state index contributed by atoms with van der Waals surface area (Å²) in [5.41, 5.74) is 0. The zero-order valence-corrected chi connectivity index (χ0v) is 34.9. The van der Waals surface area contributed by atoms with Crippen LogP contribution in [0.5, 0.6) is 0 Å². The fourth-order valence-corrected chi connectivity index (χ4v) is 6.56. The molecule has 0 aliphatic rings. The number of esters is 1. The normalized spacial score (nSPS) is 14.4. The highest BCUT2D eigenvalue weighted by Gasteiger charge is 2.26. The Morgan fingerprint density at radius 2 is 1.02 bits per heavy atom. The van der Waals surface area contributed by atoms with Crippen molar-refractivity contribution in [1.29, 1.82) is 0 Å². The third-order valence-electron chi connectivity index (χ3n) is 9.08. The molecule has 10 heteroatoms. The van der Waals surface area contributed by atoms with Crippen molar-refractivity contribution < 1.29 is 43.0 Å². The molecule has 0 aromatic rings. The Hall–Kier alpha value is -1.32. The summed E-state index contributed by atoms with van der Waals surface area (Å²) in [4.78, 5) is 22.4. The van der Waals surface area contributed by atoms with Crippen LogP contribution in [0.15, 0.2) is 36.5 Å². The lowest BCUT2D eigenvalue weighted by Crippen LogP contribution is -2.29. The average Bonchev–Trinajstić information content (AvgIpc) is 3.15. The first-order valence-corrected chi connectivity index (χ1v) is 23.0. The molecule has 0 radical (unpaired) electrons. The molecular formula is C43H81O9P. The smallest absolute Gasteiger partial charge is 0.457 e. The second-order valence-electron chi connectivity index (χ2n) is 14.4. The summed E-state index contributed by atoms with van der Waals surface area (Å²) in [5, 5.41) is 18.3. The molecule has 0 heterocycles. The predicted octanol–water partition coefficient (Wildman–Crippen LogP) is 11.6. The molecule has 53 heavy (non-hydrogen) atoms. The average molecular weight is 773 g/mol. The van der Waals surface area contributed by atoms with E-state index in [0.717, 1.165) is 51.4 Å². The van der Waals surface area contributed by atoms with E-state index in [-0.39, 0.29) is 25.6 Å². The van der Waals surface area contributed by atoms with Crippen molar-refractivity contribution in [3.8, 4) is 0 Å². The van der Waals surface area contributed by atoms with Gasteiger partial charge in [-0.25, -0.2) is 4.57 Å². The lowest BCUT2D eigenvalue weighted by atomic mass is 10.1. The van der Waals surface area contributed by atoms with Gasteiger partial charge in [-0.1, -0.05) is 166 Å². The van der Waals surface area contributed by atoms with Crippen LogP contribution in [0.1, 0.15) is 187 Å². The number of rotatable bonds is 41. The fourth-order valence-electron chi connectivity index (χ4n) is 5.77. The third-order valence-corrected chi connectivity index (χ3v) is 10.0. The van der Waals surface area contributed by atoms with Crippen LogP contribution in [0, 0.1) is 0 Å². The first kappa shape index (κ1) is 51.7. The van der Waals surface area contributed by atoms with Crippen molar-refractivity contribution in [1.82, 2.24) is 0 Å². The van der Waals surface area contributed by atoms with Crippen LogP contribution in [0.3, 0.4) is 0 Å². The molecule has 0 aliphatic heterocycles. The van der Waals surface area contributed by atoms with Crippen LogP contribution in [0.4, 0.5) is 0 Å². The van der Waals surface area contributed by atoms with Crippen molar-refractivity contribution >= 4 is 13.8 Å². The Morgan fingerprint density at radius 3 is 1.53 bits per heavy atom. The number of ether oxygens (including phenoxy) is 2. The van der Waals surface area contributed by atoms with E-state index in [2.05, 4.69) is 50.3 Å². The van der Waals surface area contributed by atoms with Crippen LogP contribution in [0.2, 0.25) is 0 Å². The van der Waals surface area contributed by atoms with E-state index in [1.165, 1.54) is 116 Å². The Kier molecular flexibility index (Phi) is 39.3. The molecule has 3 N–H and O–H groups in total. The number of carbonyl (C=O) groups is 1.